The van der Waals surface area contributed by atoms with Crippen molar-refractivity contribution >= 4 is 12.4 Å². The second-order valence-electron chi connectivity index (χ2n) is 1.62. The first kappa shape index (κ1) is 11.1. The Labute approximate surface area is 55.9 Å². The summed E-state index contributed by atoms with van der Waals surface area (Å²) in [6, 6.07) is 0. The van der Waals surface area contributed by atoms with Crippen molar-refractivity contribution in [3.05, 3.63) is 0 Å². The molecular formula is C5H13ClO2. The summed E-state index contributed by atoms with van der Waals surface area (Å²) in [5.74, 6) is 0. The zero-order valence-electron chi connectivity index (χ0n) is 5.00. The lowest BCUT2D eigenvalue weighted by atomic mass is 10.2. The molecule has 0 saturated heterocycles. The third-order valence-corrected chi connectivity index (χ3v) is 0.816. The van der Waals surface area contributed by atoms with Gasteiger partial charge >= 0.3 is 0 Å². The Morgan fingerprint density at radius 1 is 1.38 bits per heavy atom. The second-order valence-corrected chi connectivity index (χ2v) is 1.62. The van der Waals surface area contributed by atoms with Crippen LogP contribution in [0.3, 0.4) is 0 Å². The summed E-state index contributed by atoms with van der Waals surface area (Å²) in [7, 11) is 0. The molecule has 2 N–H and O–H groups in total. The van der Waals surface area contributed by atoms with Crippen LogP contribution in [-0.4, -0.2) is 16.5 Å². The van der Waals surface area contributed by atoms with Crippen LogP contribution >= 0.6 is 12.4 Å². The Kier molecular flexibility index (Phi) is 9.97. The average molecular weight is 141 g/mol. The summed E-state index contributed by atoms with van der Waals surface area (Å²) in [5.41, 5.74) is 0. The molecule has 0 rings (SSSR count). The lowest BCUT2D eigenvalue weighted by Crippen LogP contribution is -2.02. The van der Waals surface area contributed by atoms with Gasteiger partial charge in [-0.1, -0.05) is 13.3 Å². The van der Waals surface area contributed by atoms with Gasteiger partial charge in [-0.2, -0.15) is 0 Å². The van der Waals surface area contributed by atoms with Crippen LogP contribution < -0.4 is 0 Å². The van der Waals surface area contributed by atoms with E-state index in [0.29, 0.717) is 6.42 Å². The van der Waals surface area contributed by atoms with Crippen molar-refractivity contribution in [2.24, 2.45) is 0 Å². The Bertz CT molecular complexity index is 39.4. The Hall–Kier alpha value is 0.210. The molecular weight excluding hydrogens is 128 g/mol. The van der Waals surface area contributed by atoms with Gasteiger partial charge in [-0.05, 0) is 12.8 Å². The van der Waals surface area contributed by atoms with Gasteiger partial charge in [0.1, 0.15) is 0 Å². The molecule has 0 aliphatic heterocycles. The standard InChI is InChI=1S/C5H12O2.ClH/c1-2-3-4-5(6)7;/h5-7H,2-4H2,1H3;1H. The van der Waals surface area contributed by atoms with Gasteiger partial charge < -0.3 is 10.2 Å². The minimum absolute atomic E-state index is 0. The molecule has 0 atom stereocenters. The van der Waals surface area contributed by atoms with E-state index in [1.54, 1.807) is 0 Å². The van der Waals surface area contributed by atoms with E-state index in [1.807, 2.05) is 6.92 Å². The molecule has 0 bridgehead atoms. The summed E-state index contributed by atoms with van der Waals surface area (Å²) in [4.78, 5) is 0. The Morgan fingerprint density at radius 3 is 2.00 bits per heavy atom. The fourth-order valence-electron chi connectivity index (χ4n) is 0.387. The number of aliphatic hydroxyl groups excluding tert-OH is 1. The highest BCUT2D eigenvalue weighted by Crippen LogP contribution is 1.95. The molecule has 0 aromatic rings. The van der Waals surface area contributed by atoms with E-state index in [1.165, 1.54) is 0 Å². The van der Waals surface area contributed by atoms with Crippen LogP contribution in [-0.2, 0) is 0 Å². The summed E-state index contributed by atoms with van der Waals surface area (Å²) in [5, 5.41) is 16.5. The van der Waals surface area contributed by atoms with Gasteiger partial charge in [-0.15, -0.1) is 12.4 Å². The van der Waals surface area contributed by atoms with E-state index < -0.39 is 6.29 Å². The molecule has 0 heterocycles. The molecule has 0 aliphatic carbocycles. The summed E-state index contributed by atoms with van der Waals surface area (Å²) in [6.45, 7) is 2.02. The highest BCUT2D eigenvalue weighted by atomic mass is 35.5. The highest BCUT2D eigenvalue weighted by Gasteiger charge is 1.92. The van der Waals surface area contributed by atoms with Crippen molar-refractivity contribution in [3.63, 3.8) is 0 Å². The smallest absolute Gasteiger partial charge is 0.151 e. The summed E-state index contributed by atoms with van der Waals surface area (Å²) in [6.07, 6.45) is 1.34. The quantitative estimate of drug-likeness (QED) is 0.573. The zero-order valence-corrected chi connectivity index (χ0v) is 5.82. The van der Waals surface area contributed by atoms with Crippen LogP contribution in [0.25, 0.3) is 0 Å². The van der Waals surface area contributed by atoms with E-state index in [0.717, 1.165) is 12.8 Å². The predicted molar refractivity (Wildman–Crippen MR) is 35.0 cm³/mol. The van der Waals surface area contributed by atoms with Crippen molar-refractivity contribution in [2.75, 3.05) is 0 Å². The maximum Gasteiger partial charge on any atom is 0.151 e. The van der Waals surface area contributed by atoms with Gasteiger partial charge in [0.2, 0.25) is 0 Å². The molecule has 0 amide bonds. The maximum absolute atomic E-state index is 8.24. The van der Waals surface area contributed by atoms with Crippen molar-refractivity contribution in [1.82, 2.24) is 0 Å². The molecule has 0 aromatic carbocycles. The molecule has 0 spiro atoms. The van der Waals surface area contributed by atoms with Gasteiger partial charge in [0.15, 0.2) is 6.29 Å². The molecule has 52 valence electrons. The fraction of sp³-hybridized carbons (Fsp3) is 1.00. The minimum Gasteiger partial charge on any atom is -0.368 e. The number of rotatable bonds is 3. The zero-order chi connectivity index (χ0) is 5.70. The third-order valence-electron chi connectivity index (χ3n) is 0.816. The second kappa shape index (κ2) is 7.21. The molecule has 0 aromatic heterocycles. The molecule has 0 radical (unpaired) electrons. The first-order valence-electron chi connectivity index (χ1n) is 2.63. The monoisotopic (exact) mass is 140 g/mol. The van der Waals surface area contributed by atoms with E-state index in [-0.39, 0.29) is 12.4 Å². The normalized spacial score (nSPS) is 9.00. The first-order valence-corrected chi connectivity index (χ1v) is 2.63. The van der Waals surface area contributed by atoms with Gasteiger partial charge in [0, 0.05) is 0 Å². The van der Waals surface area contributed by atoms with Crippen molar-refractivity contribution in [1.29, 1.82) is 0 Å². The summed E-state index contributed by atoms with van der Waals surface area (Å²) < 4.78 is 0. The number of hydrogen-bond acceptors (Lipinski definition) is 2. The fourth-order valence-corrected chi connectivity index (χ4v) is 0.387. The minimum atomic E-state index is -1.10. The number of halogens is 1. The Balaban J connectivity index is 0. The van der Waals surface area contributed by atoms with Crippen molar-refractivity contribution in [2.45, 2.75) is 32.5 Å². The van der Waals surface area contributed by atoms with Crippen LogP contribution in [0.5, 0.6) is 0 Å². The summed E-state index contributed by atoms with van der Waals surface area (Å²) >= 11 is 0. The number of unbranched alkanes of at least 4 members (excludes halogenated alkanes) is 1. The van der Waals surface area contributed by atoms with Crippen LogP contribution in [0.1, 0.15) is 26.2 Å². The van der Waals surface area contributed by atoms with Crippen molar-refractivity contribution < 1.29 is 10.2 Å². The Morgan fingerprint density at radius 2 is 1.88 bits per heavy atom. The molecule has 0 unspecified atom stereocenters. The lowest BCUT2D eigenvalue weighted by molar-refractivity contribution is -0.0463. The topological polar surface area (TPSA) is 40.5 Å². The molecule has 0 saturated carbocycles. The van der Waals surface area contributed by atoms with Crippen LogP contribution in [0, 0.1) is 0 Å². The van der Waals surface area contributed by atoms with Gasteiger partial charge in [-0.3, -0.25) is 0 Å². The van der Waals surface area contributed by atoms with Crippen LogP contribution in [0.2, 0.25) is 0 Å². The van der Waals surface area contributed by atoms with Gasteiger partial charge in [0.05, 0.1) is 0 Å². The molecule has 8 heavy (non-hydrogen) atoms. The van der Waals surface area contributed by atoms with E-state index >= 15 is 0 Å². The van der Waals surface area contributed by atoms with Crippen molar-refractivity contribution in [3.8, 4) is 0 Å². The van der Waals surface area contributed by atoms with E-state index in [2.05, 4.69) is 0 Å². The SMILES string of the molecule is CCCCC(O)O.Cl. The van der Waals surface area contributed by atoms with Gasteiger partial charge in [-0.25, -0.2) is 0 Å². The van der Waals surface area contributed by atoms with Crippen LogP contribution in [0.4, 0.5) is 0 Å². The molecule has 0 fully saturated rings. The largest absolute Gasteiger partial charge is 0.368 e. The van der Waals surface area contributed by atoms with Crippen LogP contribution in [0.15, 0.2) is 0 Å². The third kappa shape index (κ3) is 9.51. The predicted octanol–water partition coefficient (Wildman–Crippen LogP) is 0.909. The highest BCUT2D eigenvalue weighted by molar-refractivity contribution is 5.85. The molecule has 0 aliphatic rings. The number of hydrogen-bond donors (Lipinski definition) is 2. The number of aliphatic hydroxyl groups is 2. The van der Waals surface area contributed by atoms with Gasteiger partial charge in [0.25, 0.3) is 0 Å². The maximum atomic E-state index is 8.24. The van der Waals surface area contributed by atoms with E-state index in [4.69, 9.17) is 10.2 Å². The van der Waals surface area contributed by atoms with E-state index in [9.17, 15) is 0 Å². The molecule has 3 heteroatoms. The first-order chi connectivity index (χ1) is 3.27. The molecule has 2 nitrogen and oxygen atoms in total. The lowest BCUT2D eigenvalue weighted by Gasteiger charge is -1.97. The average Bonchev–Trinajstić information content (AvgIpc) is 1.61.